The van der Waals surface area contributed by atoms with Crippen LogP contribution in [0.25, 0.3) is 10.9 Å². The number of hydrogen-bond acceptors (Lipinski definition) is 2. The number of aryl methyl sites for hydroxylation is 2. The van der Waals surface area contributed by atoms with Crippen molar-refractivity contribution >= 4 is 22.7 Å². The molecule has 16 heavy (non-hydrogen) atoms. The Hall–Kier alpha value is -1.22. The van der Waals surface area contributed by atoms with Gasteiger partial charge in [-0.2, -0.15) is 0 Å². The number of pyridine rings is 1. The van der Waals surface area contributed by atoms with Gasteiger partial charge in [0, 0.05) is 18.6 Å². The van der Waals surface area contributed by atoms with E-state index in [1.54, 1.807) is 0 Å². The lowest BCUT2D eigenvalue weighted by Crippen LogP contribution is -2.09. The quantitative estimate of drug-likeness (QED) is 0.744. The Morgan fingerprint density at radius 1 is 1.38 bits per heavy atom. The summed E-state index contributed by atoms with van der Waals surface area (Å²) >= 11 is 1.50. The molecule has 0 saturated heterocycles. The molecule has 0 amide bonds. The highest BCUT2D eigenvalue weighted by Crippen LogP contribution is 2.17. The summed E-state index contributed by atoms with van der Waals surface area (Å²) in [6.45, 7) is 2.12. The highest BCUT2D eigenvalue weighted by atomic mass is 32.2. The molecule has 0 bridgehead atoms. The average Bonchev–Trinajstić information content (AvgIpc) is 2.33. The molecule has 0 N–H and O–H groups in total. The first kappa shape index (κ1) is 11.3. The molecular formula is C13H15NOS. The van der Waals surface area contributed by atoms with Crippen LogP contribution in [0.4, 0.5) is 0 Å². The highest BCUT2D eigenvalue weighted by molar-refractivity contribution is 7.98. The van der Waals surface area contributed by atoms with Gasteiger partial charge in [0.1, 0.15) is 0 Å². The fourth-order valence-corrected chi connectivity index (χ4v) is 2.42. The van der Waals surface area contributed by atoms with Crippen LogP contribution in [0.3, 0.4) is 0 Å². The van der Waals surface area contributed by atoms with Crippen LogP contribution in [0.1, 0.15) is 12.5 Å². The van der Waals surface area contributed by atoms with Gasteiger partial charge in [-0.15, -0.1) is 11.8 Å². The monoisotopic (exact) mass is 233 g/mol. The van der Waals surface area contributed by atoms with E-state index >= 15 is 0 Å². The number of nitrogens with zero attached hydrogens (tertiary/aromatic N) is 1. The summed E-state index contributed by atoms with van der Waals surface area (Å²) in [4.78, 5) is 12.9. The molecule has 0 unspecified atom stereocenters. The molecule has 1 aromatic carbocycles. The summed E-state index contributed by atoms with van der Waals surface area (Å²) in [6.07, 6.45) is 4.84. The maximum absolute atomic E-state index is 12.1. The topological polar surface area (TPSA) is 22.0 Å². The first-order valence-corrected chi connectivity index (χ1v) is 6.56. The van der Waals surface area contributed by atoms with Crippen molar-refractivity contribution in [2.24, 2.45) is 7.05 Å². The third kappa shape index (κ3) is 1.76. The molecular weight excluding hydrogens is 218 g/mol. The van der Waals surface area contributed by atoms with E-state index in [0.29, 0.717) is 0 Å². The maximum Gasteiger partial charge on any atom is 0.202 e. The van der Waals surface area contributed by atoms with E-state index in [1.165, 1.54) is 17.3 Å². The molecule has 0 aliphatic rings. The van der Waals surface area contributed by atoms with Crippen molar-refractivity contribution in [1.29, 1.82) is 0 Å². The molecule has 0 saturated carbocycles. The van der Waals surface area contributed by atoms with Gasteiger partial charge in [-0.1, -0.05) is 13.0 Å². The number of hydrogen-bond donors (Lipinski definition) is 0. The zero-order valence-electron chi connectivity index (χ0n) is 9.78. The number of fused-ring (bicyclic) bond motifs is 1. The fraction of sp³-hybridized carbons (Fsp3) is 0.308. The maximum atomic E-state index is 12.1. The SMILES string of the molecule is CCc1ccc2c(=O)c(SC)cn(C)c2c1. The standard InChI is InChI=1S/C13H15NOS/c1-4-9-5-6-10-11(7-9)14(2)8-12(16-3)13(10)15/h5-8H,4H2,1-3H3. The molecule has 0 spiro atoms. The van der Waals surface area contributed by atoms with Gasteiger partial charge in [0.05, 0.1) is 10.4 Å². The molecule has 0 aliphatic carbocycles. The van der Waals surface area contributed by atoms with Gasteiger partial charge in [-0.25, -0.2) is 0 Å². The third-order valence-electron chi connectivity index (χ3n) is 2.85. The highest BCUT2D eigenvalue weighted by Gasteiger charge is 2.06. The number of benzene rings is 1. The molecule has 2 nitrogen and oxygen atoms in total. The van der Waals surface area contributed by atoms with Crippen molar-refractivity contribution in [3.05, 3.63) is 40.2 Å². The van der Waals surface area contributed by atoms with E-state index in [2.05, 4.69) is 13.0 Å². The lowest BCUT2D eigenvalue weighted by molar-refractivity contribution is 0.922. The van der Waals surface area contributed by atoms with Crippen LogP contribution in [-0.2, 0) is 13.5 Å². The fourth-order valence-electron chi connectivity index (χ4n) is 1.86. The van der Waals surface area contributed by atoms with Gasteiger partial charge >= 0.3 is 0 Å². The van der Waals surface area contributed by atoms with E-state index in [1.807, 2.05) is 36.2 Å². The zero-order chi connectivity index (χ0) is 11.7. The molecule has 3 heteroatoms. The van der Waals surface area contributed by atoms with Crippen molar-refractivity contribution in [2.45, 2.75) is 18.2 Å². The summed E-state index contributed by atoms with van der Waals surface area (Å²) in [5.74, 6) is 0. The Bertz CT molecular complexity index is 586. The normalized spacial score (nSPS) is 10.9. The Kier molecular flexibility index (Phi) is 3.06. The summed E-state index contributed by atoms with van der Waals surface area (Å²) in [7, 11) is 1.99. The first-order chi connectivity index (χ1) is 7.67. The molecule has 0 aliphatic heterocycles. The van der Waals surface area contributed by atoms with Crippen LogP contribution < -0.4 is 5.43 Å². The molecule has 2 rings (SSSR count). The van der Waals surface area contributed by atoms with Gasteiger partial charge in [0.15, 0.2) is 0 Å². The van der Waals surface area contributed by atoms with Crippen LogP contribution in [-0.4, -0.2) is 10.8 Å². The lowest BCUT2D eigenvalue weighted by Gasteiger charge is -2.08. The Labute approximate surface area is 99.3 Å². The van der Waals surface area contributed by atoms with Crippen LogP contribution in [0.15, 0.2) is 34.1 Å². The van der Waals surface area contributed by atoms with Crippen LogP contribution in [0.5, 0.6) is 0 Å². The second-order valence-electron chi connectivity index (χ2n) is 3.84. The smallest absolute Gasteiger partial charge is 0.202 e. The summed E-state index contributed by atoms with van der Waals surface area (Å²) < 4.78 is 2.03. The molecule has 84 valence electrons. The van der Waals surface area contributed by atoms with Gasteiger partial charge in [-0.05, 0) is 30.4 Å². The largest absolute Gasteiger partial charge is 0.349 e. The van der Waals surface area contributed by atoms with Crippen LogP contribution >= 0.6 is 11.8 Å². The molecule has 0 atom stereocenters. The lowest BCUT2D eigenvalue weighted by atomic mass is 10.1. The number of aromatic nitrogens is 1. The summed E-state index contributed by atoms with van der Waals surface area (Å²) in [5, 5.41) is 0.812. The second kappa shape index (κ2) is 4.34. The van der Waals surface area contributed by atoms with Crippen molar-refractivity contribution in [1.82, 2.24) is 4.57 Å². The first-order valence-electron chi connectivity index (χ1n) is 5.33. The minimum absolute atomic E-state index is 0.142. The molecule has 1 aromatic heterocycles. The minimum Gasteiger partial charge on any atom is -0.349 e. The summed E-state index contributed by atoms with van der Waals surface area (Å²) in [6, 6.07) is 6.07. The van der Waals surface area contributed by atoms with E-state index in [-0.39, 0.29) is 5.43 Å². The van der Waals surface area contributed by atoms with Crippen molar-refractivity contribution in [3.8, 4) is 0 Å². The van der Waals surface area contributed by atoms with E-state index in [4.69, 9.17) is 0 Å². The second-order valence-corrected chi connectivity index (χ2v) is 4.69. The molecule has 0 radical (unpaired) electrons. The van der Waals surface area contributed by atoms with Gasteiger partial charge in [-0.3, -0.25) is 4.79 Å². The Balaban J connectivity index is 2.84. The summed E-state index contributed by atoms with van der Waals surface area (Å²) in [5.41, 5.74) is 2.42. The van der Waals surface area contributed by atoms with Gasteiger partial charge in [0.25, 0.3) is 0 Å². The molecule has 1 heterocycles. The zero-order valence-corrected chi connectivity index (χ0v) is 10.6. The van der Waals surface area contributed by atoms with Crippen molar-refractivity contribution in [2.75, 3.05) is 6.26 Å². The molecule has 2 aromatic rings. The number of thioether (sulfide) groups is 1. The van der Waals surface area contributed by atoms with Gasteiger partial charge < -0.3 is 4.57 Å². The predicted octanol–water partition coefficient (Wildman–Crippen LogP) is 2.82. The predicted molar refractivity (Wildman–Crippen MR) is 70.3 cm³/mol. The third-order valence-corrected chi connectivity index (χ3v) is 3.58. The number of rotatable bonds is 2. The van der Waals surface area contributed by atoms with Crippen molar-refractivity contribution in [3.63, 3.8) is 0 Å². The Morgan fingerprint density at radius 2 is 2.12 bits per heavy atom. The van der Waals surface area contributed by atoms with Crippen molar-refractivity contribution < 1.29 is 0 Å². The van der Waals surface area contributed by atoms with E-state index in [0.717, 1.165) is 22.2 Å². The van der Waals surface area contributed by atoms with E-state index < -0.39 is 0 Å². The minimum atomic E-state index is 0.142. The Morgan fingerprint density at radius 3 is 2.75 bits per heavy atom. The van der Waals surface area contributed by atoms with Crippen LogP contribution in [0, 0.1) is 0 Å². The van der Waals surface area contributed by atoms with E-state index in [9.17, 15) is 4.79 Å². The average molecular weight is 233 g/mol. The van der Waals surface area contributed by atoms with Gasteiger partial charge in [0.2, 0.25) is 5.43 Å². The van der Waals surface area contributed by atoms with Crippen LogP contribution in [0.2, 0.25) is 0 Å². The molecule has 0 fully saturated rings.